The van der Waals surface area contributed by atoms with Crippen molar-refractivity contribution in [1.82, 2.24) is 25.2 Å². The van der Waals surface area contributed by atoms with Gasteiger partial charge in [-0.2, -0.15) is 0 Å². The Labute approximate surface area is 223 Å². The molecule has 1 atom stereocenters. The summed E-state index contributed by atoms with van der Waals surface area (Å²) in [6.45, 7) is 11.3. The standard InChI is InChI=1S/C31H37N5O2/c1-18(2)36-17-20(4)29-24(30(37)34-16-25-19(3)12-21(5)35-31(25)38)13-23(14-28(29)36)22-9-10-27(33-15-22)26-8-6-7-11-32-26/h9-10,12-15,17-18,26,32H,6-8,11,16H2,1-5H3,(H,34,37)(H,35,38). The SMILES string of the molecule is Cc1cc(C)c(CNC(=O)c2cc(-c3ccc(C4CCCCN4)nc3)cc3c2c(C)cn3C(C)C)c(=O)[nH]1. The van der Waals surface area contributed by atoms with Gasteiger partial charge in [0.1, 0.15) is 0 Å². The largest absolute Gasteiger partial charge is 0.348 e. The fraction of sp³-hybridized carbons (Fsp3) is 0.387. The van der Waals surface area contributed by atoms with E-state index in [1.54, 1.807) is 0 Å². The quantitative estimate of drug-likeness (QED) is 0.312. The van der Waals surface area contributed by atoms with E-state index in [2.05, 4.69) is 58.4 Å². The van der Waals surface area contributed by atoms with Crippen molar-refractivity contribution in [2.45, 2.75) is 72.5 Å². The molecule has 5 rings (SSSR count). The lowest BCUT2D eigenvalue weighted by Crippen LogP contribution is -2.28. The monoisotopic (exact) mass is 511 g/mol. The zero-order valence-electron chi connectivity index (χ0n) is 22.9. The Hall–Kier alpha value is -3.71. The van der Waals surface area contributed by atoms with Crippen molar-refractivity contribution in [2.75, 3.05) is 6.54 Å². The highest BCUT2D eigenvalue weighted by Gasteiger charge is 2.20. The van der Waals surface area contributed by atoms with Gasteiger partial charge in [0.2, 0.25) is 0 Å². The lowest BCUT2D eigenvalue weighted by molar-refractivity contribution is 0.0952. The summed E-state index contributed by atoms with van der Waals surface area (Å²) >= 11 is 0. The van der Waals surface area contributed by atoms with Crippen LogP contribution < -0.4 is 16.2 Å². The first-order valence-corrected chi connectivity index (χ1v) is 13.6. The zero-order valence-corrected chi connectivity index (χ0v) is 22.9. The minimum absolute atomic E-state index is 0.164. The van der Waals surface area contributed by atoms with Crippen molar-refractivity contribution in [3.63, 3.8) is 0 Å². The number of H-pyrrole nitrogens is 1. The Morgan fingerprint density at radius 2 is 1.92 bits per heavy atom. The Morgan fingerprint density at radius 1 is 1.11 bits per heavy atom. The van der Waals surface area contributed by atoms with Crippen LogP contribution in [0.2, 0.25) is 0 Å². The highest BCUT2D eigenvalue weighted by molar-refractivity contribution is 6.09. The van der Waals surface area contributed by atoms with E-state index in [9.17, 15) is 9.59 Å². The first-order chi connectivity index (χ1) is 18.2. The molecule has 198 valence electrons. The number of aromatic amines is 1. The number of amides is 1. The van der Waals surface area contributed by atoms with E-state index >= 15 is 0 Å². The van der Waals surface area contributed by atoms with Gasteiger partial charge in [0.25, 0.3) is 11.5 Å². The number of fused-ring (bicyclic) bond motifs is 1. The number of benzene rings is 1. The molecule has 1 fully saturated rings. The van der Waals surface area contributed by atoms with Crippen LogP contribution in [0.1, 0.15) is 83.6 Å². The van der Waals surface area contributed by atoms with Gasteiger partial charge in [0.15, 0.2) is 0 Å². The van der Waals surface area contributed by atoms with Gasteiger partial charge >= 0.3 is 0 Å². The van der Waals surface area contributed by atoms with Gasteiger partial charge in [0, 0.05) is 64.3 Å². The number of nitrogens with zero attached hydrogens (tertiary/aromatic N) is 2. The van der Waals surface area contributed by atoms with Crippen LogP contribution >= 0.6 is 0 Å². The van der Waals surface area contributed by atoms with E-state index in [1.165, 1.54) is 12.8 Å². The van der Waals surface area contributed by atoms with Crippen LogP contribution in [-0.4, -0.2) is 27.0 Å². The second-order valence-corrected chi connectivity index (χ2v) is 10.8. The maximum Gasteiger partial charge on any atom is 0.253 e. The molecule has 0 aliphatic carbocycles. The van der Waals surface area contributed by atoms with Crippen molar-refractivity contribution in [3.05, 3.63) is 86.7 Å². The molecular formula is C31H37N5O2. The zero-order chi connectivity index (χ0) is 27.0. The third-order valence-electron chi connectivity index (χ3n) is 7.63. The maximum atomic E-state index is 13.6. The molecule has 7 nitrogen and oxygen atoms in total. The van der Waals surface area contributed by atoms with Crippen molar-refractivity contribution in [2.24, 2.45) is 0 Å². The van der Waals surface area contributed by atoms with Crippen LogP contribution in [0.15, 0.2) is 47.5 Å². The molecule has 3 N–H and O–H groups in total. The molecule has 1 unspecified atom stereocenters. The number of piperidine rings is 1. The molecule has 0 saturated carbocycles. The van der Waals surface area contributed by atoms with Gasteiger partial charge < -0.3 is 20.2 Å². The summed E-state index contributed by atoms with van der Waals surface area (Å²) in [6.07, 6.45) is 7.56. The molecule has 4 aromatic rings. The van der Waals surface area contributed by atoms with E-state index in [0.717, 1.165) is 57.5 Å². The number of pyridine rings is 2. The average molecular weight is 512 g/mol. The summed E-state index contributed by atoms with van der Waals surface area (Å²) in [4.78, 5) is 33.8. The maximum absolute atomic E-state index is 13.6. The van der Waals surface area contributed by atoms with E-state index < -0.39 is 0 Å². The predicted octanol–water partition coefficient (Wildman–Crippen LogP) is 5.64. The summed E-state index contributed by atoms with van der Waals surface area (Å²) in [5.41, 5.74) is 7.73. The first-order valence-electron chi connectivity index (χ1n) is 13.6. The number of hydrogen-bond donors (Lipinski definition) is 3. The molecule has 0 radical (unpaired) electrons. The van der Waals surface area contributed by atoms with Crippen LogP contribution in [0, 0.1) is 20.8 Å². The summed E-state index contributed by atoms with van der Waals surface area (Å²) < 4.78 is 2.22. The molecular weight excluding hydrogens is 474 g/mol. The lowest BCUT2D eigenvalue weighted by atomic mass is 9.97. The molecule has 0 bridgehead atoms. The predicted molar refractivity (Wildman–Crippen MR) is 153 cm³/mol. The van der Waals surface area contributed by atoms with E-state index in [1.807, 2.05) is 39.1 Å². The van der Waals surface area contributed by atoms with Gasteiger partial charge in [-0.05, 0) is 95.0 Å². The van der Waals surface area contributed by atoms with E-state index in [-0.39, 0.29) is 24.1 Å². The molecule has 1 aliphatic rings. The Balaban J connectivity index is 1.53. The van der Waals surface area contributed by atoms with Crippen molar-refractivity contribution in [1.29, 1.82) is 0 Å². The number of rotatable bonds is 6. The second-order valence-electron chi connectivity index (χ2n) is 10.8. The molecule has 1 saturated heterocycles. The summed E-state index contributed by atoms with van der Waals surface area (Å²) in [6, 6.07) is 10.8. The summed E-state index contributed by atoms with van der Waals surface area (Å²) in [7, 11) is 0. The Bertz CT molecular complexity index is 1540. The summed E-state index contributed by atoms with van der Waals surface area (Å²) in [5, 5.41) is 7.51. The van der Waals surface area contributed by atoms with Crippen LogP contribution in [0.5, 0.6) is 0 Å². The number of carbonyl (C=O) groups is 1. The minimum Gasteiger partial charge on any atom is -0.348 e. The van der Waals surface area contributed by atoms with Gasteiger partial charge in [-0.3, -0.25) is 14.6 Å². The molecule has 1 aromatic carbocycles. The Kier molecular flexibility index (Phi) is 7.21. The van der Waals surface area contributed by atoms with Gasteiger partial charge in [-0.15, -0.1) is 0 Å². The van der Waals surface area contributed by atoms with Crippen LogP contribution in [0.3, 0.4) is 0 Å². The third-order valence-corrected chi connectivity index (χ3v) is 7.63. The number of aromatic nitrogens is 3. The van der Waals surface area contributed by atoms with Crippen molar-refractivity contribution >= 4 is 16.8 Å². The van der Waals surface area contributed by atoms with Crippen molar-refractivity contribution < 1.29 is 4.79 Å². The van der Waals surface area contributed by atoms with Gasteiger partial charge in [0.05, 0.1) is 5.69 Å². The summed E-state index contributed by atoms with van der Waals surface area (Å²) in [5.74, 6) is -0.197. The number of hydrogen-bond acceptors (Lipinski definition) is 4. The van der Waals surface area contributed by atoms with Crippen LogP contribution in [-0.2, 0) is 6.54 Å². The normalized spacial score (nSPS) is 15.8. The number of nitrogens with one attached hydrogen (secondary N) is 3. The Morgan fingerprint density at radius 3 is 2.58 bits per heavy atom. The van der Waals surface area contributed by atoms with Crippen LogP contribution in [0.25, 0.3) is 22.0 Å². The fourth-order valence-corrected chi connectivity index (χ4v) is 5.61. The second kappa shape index (κ2) is 10.6. The van der Waals surface area contributed by atoms with Crippen molar-refractivity contribution in [3.8, 4) is 11.1 Å². The third kappa shape index (κ3) is 5.03. The minimum atomic E-state index is -0.197. The molecule has 0 spiro atoms. The fourth-order valence-electron chi connectivity index (χ4n) is 5.61. The molecule has 3 aromatic heterocycles. The van der Waals surface area contributed by atoms with E-state index in [4.69, 9.17) is 4.98 Å². The molecule has 1 amide bonds. The lowest BCUT2D eigenvalue weighted by Gasteiger charge is -2.23. The molecule has 4 heterocycles. The van der Waals surface area contributed by atoms with Gasteiger partial charge in [-0.1, -0.05) is 12.5 Å². The number of carbonyl (C=O) groups excluding carboxylic acids is 1. The highest BCUT2D eigenvalue weighted by atomic mass is 16.1. The van der Waals surface area contributed by atoms with Gasteiger partial charge in [-0.25, -0.2) is 0 Å². The molecule has 38 heavy (non-hydrogen) atoms. The topological polar surface area (TPSA) is 91.8 Å². The first kappa shape index (κ1) is 25.9. The smallest absolute Gasteiger partial charge is 0.253 e. The molecule has 7 heteroatoms. The number of aryl methyl sites for hydroxylation is 3. The van der Waals surface area contributed by atoms with Crippen LogP contribution in [0.4, 0.5) is 0 Å². The highest BCUT2D eigenvalue weighted by Crippen LogP contribution is 2.33. The van der Waals surface area contributed by atoms with E-state index in [0.29, 0.717) is 17.2 Å². The average Bonchev–Trinajstić information content (AvgIpc) is 3.24. The molecule has 1 aliphatic heterocycles.